The number of aromatic amines is 1. The molecule has 5 rings (SSSR count). The van der Waals surface area contributed by atoms with Crippen LogP contribution in [0.25, 0.3) is 10.9 Å². The largest absolute Gasteiger partial charge is 0.494 e. The molecule has 1 amide bonds. The number of benzene rings is 3. The summed E-state index contributed by atoms with van der Waals surface area (Å²) in [4.78, 5) is 22.9. The van der Waals surface area contributed by atoms with Crippen molar-refractivity contribution in [1.29, 1.82) is 0 Å². The third-order valence-corrected chi connectivity index (χ3v) is 7.06. The summed E-state index contributed by atoms with van der Waals surface area (Å²) in [5, 5.41) is 12.2. The number of hydrogen-bond acceptors (Lipinski definition) is 3. The van der Waals surface area contributed by atoms with Gasteiger partial charge in [-0.3, -0.25) is 4.79 Å². The number of fused-ring (bicyclic) bond motifs is 1. The van der Waals surface area contributed by atoms with Crippen LogP contribution in [0.15, 0.2) is 77.8 Å². The highest BCUT2D eigenvalue weighted by atomic mass is 35.5. The molecule has 1 fully saturated rings. The molecule has 2 N–H and O–H groups in total. The lowest BCUT2D eigenvalue weighted by molar-refractivity contribution is 0.0696. The summed E-state index contributed by atoms with van der Waals surface area (Å²) in [5.74, 6) is 0.0765. The van der Waals surface area contributed by atoms with Gasteiger partial charge in [0.15, 0.2) is 5.88 Å². The second kappa shape index (κ2) is 9.96. The molecule has 35 heavy (non-hydrogen) atoms. The van der Waals surface area contributed by atoms with E-state index < -0.39 is 0 Å². The van der Waals surface area contributed by atoms with Crippen LogP contribution in [0.3, 0.4) is 0 Å². The molecule has 1 saturated carbocycles. The van der Waals surface area contributed by atoms with Crippen molar-refractivity contribution < 1.29 is 9.90 Å². The number of nitrogens with zero attached hydrogens (tertiary/aromatic N) is 2. The van der Waals surface area contributed by atoms with Gasteiger partial charge in [-0.05, 0) is 49.2 Å². The van der Waals surface area contributed by atoms with E-state index in [2.05, 4.69) is 4.98 Å². The van der Waals surface area contributed by atoms with Crippen molar-refractivity contribution in [2.75, 3.05) is 7.05 Å². The van der Waals surface area contributed by atoms with Crippen molar-refractivity contribution in [3.8, 4) is 5.88 Å². The molecule has 0 bridgehead atoms. The molecule has 178 valence electrons. The van der Waals surface area contributed by atoms with E-state index in [0.29, 0.717) is 33.6 Å². The van der Waals surface area contributed by atoms with Crippen LogP contribution in [0.2, 0.25) is 5.02 Å². The first-order chi connectivity index (χ1) is 17.0. The summed E-state index contributed by atoms with van der Waals surface area (Å²) < 4.78 is 0. The van der Waals surface area contributed by atoms with Crippen molar-refractivity contribution in [3.05, 3.63) is 94.5 Å². The maximum absolute atomic E-state index is 13.0. The van der Waals surface area contributed by atoms with E-state index in [1.165, 1.54) is 19.3 Å². The highest BCUT2D eigenvalue weighted by molar-refractivity contribution is 6.31. The Hall–Kier alpha value is -3.57. The normalized spacial score (nSPS) is 14.9. The number of carbonyl (C=O) groups is 1. The lowest BCUT2D eigenvalue weighted by atomic mass is 9.94. The summed E-state index contributed by atoms with van der Waals surface area (Å²) in [5.41, 5.74) is 4.21. The highest BCUT2D eigenvalue weighted by Crippen LogP contribution is 2.33. The van der Waals surface area contributed by atoms with Crippen LogP contribution in [0.1, 0.15) is 53.6 Å². The molecular formula is C29H28ClN3O2. The van der Waals surface area contributed by atoms with E-state index in [1.54, 1.807) is 12.1 Å². The van der Waals surface area contributed by atoms with Crippen molar-refractivity contribution in [2.24, 2.45) is 4.99 Å². The van der Waals surface area contributed by atoms with E-state index in [9.17, 15) is 9.90 Å². The number of rotatable bonds is 5. The monoisotopic (exact) mass is 485 g/mol. The lowest BCUT2D eigenvalue weighted by Crippen LogP contribution is -2.38. The van der Waals surface area contributed by atoms with E-state index in [4.69, 9.17) is 16.6 Å². The Labute approximate surface area is 210 Å². The minimum Gasteiger partial charge on any atom is -0.494 e. The summed E-state index contributed by atoms with van der Waals surface area (Å²) in [7, 11) is 1.91. The first kappa shape index (κ1) is 23.2. The van der Waals surface area contributed by atoms with Crippen LogP contribution in [-0.2, 0) is 0 Å². The minimum atomic E-state index is 0.0331. The average molecular weight is 486 g/mol. The van der Waals surface area contributed by atoms with Gasteiger partial charge in [0.05, 0.1) is 22.5 Å². The fourth-order valence-corrected chi connectivity index (χ4v) is 5.07. The molecule has 1 heterocycles. The third-order valence-electron chi connectivity index (χ3n) is 6.82. The predicted octanol–water partition coefficient (Wildman–Crippen LogP) is 7.10. The molecular weight excluding hydrogens is 458 g/mol. The SMILES string of the molecule is CN(C(=O)c1ccc(N=C(c2ccccc2)c2c(O)[nH]c3cc(Cl)ccc23)cc1)C1CCCCC1. The van der Waals surface area contributed by atoms with Gasteiger partial charge in [-0.25, -0.2) is 4.99 Å². The second-order valence-electron chi connectivity index (χ2n) is 9.12. The molecule has 0 aliphatic heterocycles. The maximum atomic E-state index is 13.0. The Morgan fingerprint density at radius 3 is 2.40 bits per heavy atom. The zero-order chi connectivity index (χ0) is 24.4. The number of aromatic hydroxyl groups is 1. The Morgan fingerprint density at radius 2 is 1.69 bits per heavy atom. The number of carbonyl (C=O) groups excluding carboxylic acids is 1. The number of halogens is 1. The van der Waals surface area contributed by atoms with E-state index in [0.717, 1.165) is 29.3 Å². The lowest BCUT2D eigenvalue weighted by Gasteiger charge is -2.31. The van der Waals surface area contributed by atoms with Gasteiger partial charge >= 0.3 is 0 Å². The van der Waals surface area contributed by atoms with Gasteiger partial charge < -0.3 is 15.0 Å². The smallest absolute Gasteiger partial charge is 0.253 e. The average Bonchev–Trinajstić information content (AvgIpc) is 3.22. The number of amides is 1. The summed E-state index contributed by atoms with van der Waals surface area (Å²) in [6.45, 7) is 0. The van der Waals surface area contributed by atoms with Gasteiger partial charge in [-0.2, -0.15) is 0 Å². The molecule has 0 atom stereocenters. The van der Waals surface area contributed by atoms with Crippen LogP contribution in [0.5, 0.6) is 5.88 Å². The van der Waals surface area contributed by atoms with Crippen LogP contribution in [-0.4, -0.2) is 39.7 Å². The fraction of sp³-hybridized carbons (Fsp3) is 0.241. The van der Waals surface area contributed by atoms with Crippen LogP contribution >= 0.6 is 11.6 Å². The molecule has 1 aromatic heterocycles. The minimum absolute atomic E-state index is 0.0331. The van der Waals surface area contributed by atoms with Gasteiger partial charge in [-0.15, -0.1) is 0 Å². The fourth-order valence-electron chi connectivity index (χ4n) is 4.90. The van der Waals surface area contributed by atoms with Gasteiger partial charge in [0, 0.05) is 34.6 Å². The number of H-pyrrole nitrogens is 1. The van der Waals surface area contributed by atoms with Crippen molar-refractivity contribution in [1.82, 2.24) is 9.88 Å². The Morgan fingerprint density at radius 1 is 0.971 bits per heavy atom. The molecule has 6 heteroatoms. The zero-order valence-electron chi connectivity index (χ0n) is 19.7. The zero-order valence-corrected chi connectivity index (χ0v) is 20.4. The van der Waals surface area contributed by atoms with Crippen molar-refractivity contribution >= 4 is 39.8 Å². The van der Waals surface area contributed by atoms with Crippen molar-refractivity contribution in [2.45, 2.75) is 38.1 Å². The molecule has 0 spiro atoms. The van der Waals surface area contributed by atoms with E-state index in [1.807, 2.05) is 72.6 Å². The highest BCUT2D eigenvalue weighted by Gasteiger charge is 2.23. The predicted molar refractivity (Wildman–Crippen MR) is 142 cm³/mol. The molecule has 1 aliphatic carbocycles. The molecule has 5 nitrogen and oxygen atoms in total. The van der Waals surface area contributed by atoms with E-state index >= 15 is 0 Å². The quantitative estimate of drug-likeness (QED) is 0.296. The van der Waals surface area contributed by atoms with Crippen LogP contribution in [0.4, 0.5) is 5.69 Å². The first-order valence-corrected chi connectivity index (χ1v) is 12.4. The number of aliphatic imine (C=N–C) groups is 1. The third kappa shape index (κ3) is 4.82. The number of hydrogen-bond donors (Lipinski definition) is 2. The number of nitrogens with one attached hydrogen (secondary N) is 1. The second-order valence-corrected chi connectivity index (χ2v) is 9.56. The van der Waals surface area contributed by atoms with E-state index in [-0.39, 0.29) is 11.8 Å². The summed E-state index contributed by atoms with van der Waals surface area (Å²) >= 11 is 6.16. The van der Waals surface area contributed by atoms with Gasteiger partial charge in [0.2, 0.25) is 0 Å². The summed E-state index contributed by atoms with van der Waals surface area (Å²) in [6, 6.07) is 22.9. The molecule has 4 aromatic rings. The van der Waals surface area contributed by atoms with Gasteiger partial charge in [0.25, 0.3) is 5.91 Å². The first-order valence-electron chi connectivity index (χ1n) is 12.0. The Balaban J connectivity index is 1.51. The van der Waals surface area contributed by atoms with Crippen molar-refractivity contribution in [3.63, 3.8) is 0 Å². The molecule has 0 radical (unpaired) electrons. The molecule has 0 unspecified atom stereocenters. The molecule has 0 saturated heterocycles. The molecule has 3 aromatic carbocycles. The summed E-state index contributed by atoms with van der Waals surface area (Å²) in [6.07, 6.45) is 5.78. The van der Waals surface area contributed by atoms with Crippen LogP contribution in [0, 0.1) is 0 Å². The number of aromatic nitrogens is 1. The maximum Gasteiger partial charge on any atom is 0.253 e. The molecule has 1 aliphatic rings. The Bertz CT molecular complexity index is 1370. The van der Waals surface area contributed by atoms with Gasteiger partial charge in [0.1, 0.15) is 0 Å². The van der Waals surface area contributed by atoms with Crippen LogP contribution < -0.4 is 0 Å². The standard InChI is InChI=1S/C29H28ClN3O2/c1-33(23-10-6-3-7-11-23)29(35)20-12-15-22(16-13-20)31-27(19-8-4-2-5-9-19)26-24-17-14-21(30)18-25(24)32-28(26)34/h2,4-5,8-9,12-18,23,32,34H,3,6-7,10-11H2,1H3. The topological polar surface area (TPSA) is 68.7 Å². The Kier molecular flexibility index (Phi) is 6.60. The van der Waals surface area contributed by atoms with Gasteiger partial charge in [-0.1, -0.05) is 67.3 Å².